The highest BCUT2D eigenvalue weighted by Crippen LogP contribution is 2.34. The highest BCUT2D eigenvalue weighted by atomic mass is 32.2. The number of anilines is 1. The van der Waals surface area contributed by atoms with Crippen LogP contribution in [-0.2, 0) is 10.0 Å². The van der Waals surface area contributed by atoms with Crippen molar-refractivity contribution in [2.24, 2.45) is 5.10 Å². The van der Waals surface area contributed by atoms with Crippen molar-refractivity contribution in [3.63, 3.8) is 0 Å². The van der Waals surface area contributed by atoms with E-state index in [1.54, 1.807) is 24.3 Å². The number of thiophene rings is 1. The first-order valence-corrected chi connectivity index (χ1v) is 11.8. The first kappa shape index (κ1) is 19.4. The van der Waals surface area contributed by atoms with Gasteiger partial charge in [0.1, 0.15) is 0 Å². The van der Waals surface area contributed by atoms with Crippen LogP contribution in [0.5, 0.6) is 0 Å². The summed E-state index contributed by atoms with van der Waals surface area (Å²) in [5.41, 5.74) is 3.58. The summed E-state index contributed by atoms with van der Waals surface area (Å²) in [6.07, 6.45) is 1.65. The predicted molar refractivity (Wildman–Crippen MR) is 116 cm³/mol. The van der Waals surface area contributed by atoms with Gasteiger partial charge in [0.15, 0.2) is 0 Å². The van der Waals surface area contributed by atoms with E-state index in [-0.39, 0.29) is 11.9 Å². The van der Waals surface area contributed by atoms with Crippen molar-refractivity contribution < 1.29 is 13.2 Å². The molecule has 3 aromatic rings. The van der Waals surface area contributed by atoms with E-state index in [0.717, 1.165) is 23.1 Å². The Bertz CT molecular complexity index is 1160. The summed E-state index contributed by atoms with van der Waals surface area (Å²) in [4.78, 5) is 13.1. The van der Waals surface area contributed by atoms with Crippen LogP contribution < -0.4 is 4.72 Å². The molecule has 1 amide bonds. The van der Waals surface area contributed by atoms with Gasteiger partial charge < -0.3 is 0 Å². The fraction of sp³-hybridized carbons (Fsp3) is 0.143. The third-order valence-corrected chi connectivity index (χ3v) is 5.86. The van der Waals surface area contributed by atoms with E-state index < -0.39 is 10.0 Å². The van der Waals surface area contributed by atoms with E-state index >= 15 is 0 Å². The minimum Gasteiger partial charge on any atom is -0.284 e. The number of rotatable bonds is 5. The number of sulfonamides is 1. The summed E-state index contributed by atoms with van der Waals surface area (Å²) >= 11 is 1.47. The van der Waals surface area contributed by atoms with Crippen molar-refractivity contribution in [2.45, 2.75) is 12.5 Å². The highest BCUT2D eigenvalue weighted by Gasteiger charge is 2.33. The molecule has 1 atom stereocenters. The van der Waals surface area contributed by atoms with E-state index in [9.17, 15) is 13.2 Å². The van der Waals surface area contributed by atoms with Crippen molar-refractivity contribution >= 4 is 38.7 Å². The second kappa shape index (κ2) is 7.81. The highest BCUT2D eigenvalue weighted by molar-refractivity contribution is 7.92. The Labute approximate surface area is 173 Å². The van der Waals surface area contributed by atoms with Gasteiger partial charge >= 0.3 is 0 Å². The van der Waals surface area contributed by atoms with Crippen molar-refractivity contribution in [1.82, 2.24) is 5.01 Å². The number of nitrogens with zero attached hydrogens (tertiary/aromatic N) is 2. The molecule has 0 aliphatic carbocycles. The van der Waals surface area contributed by atoms with Gasteiger partial charge in [-0.1, -0.05) is 42.5 Å². The lowest BCUT2D eigenvalue weighted by molar-refractivity contribution is 0.0712. The maximum atomic E-state index is 13.1. The van der Waals surface area contributed by atoms with Crippen LogP contribution in [0, 0.1) is 0 Å². The zero-order chi connectivity index (χ0) is 20.4. The van der Waals surface area contributed by atoms with Gasteiger partial charge in [-0.2, -0.15) is 16.4 Å². The molecule has 2 heterocycles. The molecule has 148 valence electrons. The molecule has 0 saturated carbocycles. The number of hydrazone groups is 1. The van der Waals surface area contributed by atoms with Gasteiger partial charge in [0.25, 0.3) is 5.91 Å². The van der Waals surface area contributed by atoms with Crippen LogP contribution in [-0.4, -0.2) is 31.3 Å². The summed E-state index contributed by atoms with van der Waals surface area (Å²) in [5.74, 6) is -0.152. The lowest BCUT2D eigenvalue weighted by Gasteiger charge is -2.21. The zero-order valence-corrected chi connectivity index (χ0v) is 17.3. The lowest BCUT2D eigenvalue weighted by atomic mass is 9.98. The van der Waals surface area contributed by atoms with E-state index in [1.165, 1.54) is 16.3 Å². The maximum absolute atomic E-state index is 13.1. The minimum absolute atomic E-state index is 0.152. The largest absolute Gasteiger partial charge is 0.284 e. The van der Waals surface area contributed by atoms with Crippen molar-refractivity contribution in [1.29, 1.82) is 0 Å². The summed E-state index contributed by atoms with van der Waals surface area (Å²) < 4.78 is 25.6. The number of amides is 1. The minimum atomic E-state index is -3.38. The van der Waals surface area contributed by atoms with Crippen molar-refractivity contribution in [2.75, 3.05) is 11.0 Å². The first-order valence-electron chi connectivity index (χ1n) is 8.97. The Morgan fingerprint density at radius 2 is 1.93 bits per heavy atom. The number of benzene rings is 2. The van der Waals surface area contributed by atoms with Crippen LogP contribution in [0.4, 0.5) is 5.69 Å². The second-order valence-electron chi connectivity index (χ2n) is 6.79. The summed E-state index contributed by atoms with van der Waals surface area (Å²) in [6.45, 7) is 0. The zero-order valence-electron chi connectivity index (χ0n) is 15.6. The smallest absolute Gasteiger partial charge is 0.275 e. The Balaban J connectivity index is 1.70. The molecule has 0 fully saturated rings. The average molecular weight is 426 g/mol. The normalized spacial score (nSPS) is 16.5. The molecule has 2 aromatic carbocycles. The molecule has 0 unspecified atom stereocenters. The van der Waals surface area contributed by atoms with Crippen molar-refractivity contribution in [3.8, 4) is 0 Å². The van der Waals surface area contributed by atoms with Crippen LogP contribution in [0.2, 0.25) is 0 Å². The molecule has 4 rings (SSSR count). The van der Waals surface area contributed by atoms with Gasteiger partial charge in [-0.25, -0.2) is 13.4 Å². The Morgan fingerprint density at radius 3 is 2.62 bits per heavy atom. The van der Waals surface area contributed by atoms with Gasteiger partial charge in [0.05, 0.1) is 23.6 Å². The van der Waals surface area contributed by atoms with Crippen LogP contribution in [0.15, 0.2) is 76.5 Å². The Hall–Kier alpha value is -2.97. The molecule has 8 heteroatoms. The third-order valence-electron chi connectivity index (χ3n) is 4.57. The molecule has 1 N–H and O–H groups in total. The third kappa shape index (κ3) is 4.38. The number of nitrogens with one attached hydrogen (secondary N) is 1. The molecule has 0 bridgehead atoms. The van der Waals surface area contributed by atoms with Crippen LogP contribution in [0.25, 0.3) is 0 Å². The molecule has 1 aliphatic rings. The second-order valence-corrected chi connectivity index (χ2v) is 9.32. The van der Waals surface area contributed by atoms with Crippen molar-refractivity contribution in [3.05, 3.63) is 88.1 Å². The molecule has 6 nitrogen and oxygen atoms in total. The molecule has 0 spiro atoms. The molecular formula is C21H19N3O3S2. The first-order chi connectivity index (χ1) is 13.9. The number of hydrogen-bond donors (Lipinski definition) is 1. The van der Waals surface area contributed by atoms with E-state index in [4.69, 9.17) is 0 Å². The Morgan fingerprint density at radius 1 is 1.14 bits per heavy atom. The van der Waals surface area contributed by atoms with Crippen LogP contribution >= 0.6 is 11.3 Å². The standard InChI is InChI=1S/C21H19N3O3S2/c1-29(26,27)23-18-9-5-8-16(12-18)19-13-20(15-6-3-2-4-7-15)24(22-19)21(25)17-10-11-28-14-17/h2-12,14,20,23H,13H2,1H3/t20-/m1/s1. The van der Waals surface area contributed by atoms with E-state index in [1.807, 2.05) is 47.2 Å². The van der Waals surface area contributed by atoms with E-state index in [2.05, 4.69) is 9.82 Å². The van der Waals surface area contributed by atoms with Gasteiger partial charge in [-0.05, 0) is 34.7 Å². The molecule has 0 radical (unpaired) electrons. The maximum Gasteiger partial charge on any atom is 0.275 e. The number of carbonyl (C=O) groups excluding carboxylic acids is 1. The molecule has 1 aromatic heterocycles. The number of carbonyl (C=O) groups is 1. The predicted octanol–water partition coefficient (Wildman–Crippen LogP) is 4.11. The summed E-state index contributed by atoms with van der Waals surface area (Å²) in [7, 11) is -3.38. The van der Waals surface area contributed by atoms with Gasteiger partial charge in [-0.3, -0.25) is 9.52 Å². The monoisotopic (exact) mass is 425 g/mol. The fourth-order valence-corrected chi connectivity index (χ4v) is 4.49. The SMILES string of the molecule is CS(=O)(=O)Nc1cccc(C2=NN(C(=O)c3ccsc3)[C@@H](c3ccccc3)C2)c1. The van der Waals surface area contributed by atoms with E-state index in [0.29, 0.717) is 17.7 Å². The Kier molecular flexibility index (Phi) is 5.21. The molecule has 0 saturated heterocycles. The summed E-state index contributed by atoms with van der Waals surface area (Å²) in [6, 6.07) is 18.4. The molecule has 29 heavy (non-hydrogen) atoms. The summed E-state index contributed by atoms with van der Waals surface area (Å²) in [5, 5.41) is 9.85. The average Bonchev–Trinajstić information content (AvgIpc) is 3.37. The quantitative estimate of drug-likeness (QED) is 0.668. The van der Waals surface area contributed by atoms with Gasteiger partial charge in [-0.15, -0.1) is 0 Å². The molecule has 1 aliphatic heterocycles. The van der Waals surface area contributed by atoms with Gasteiger partial charge in [0.2, 0.25) is 10.0 Å². The lowest BCUT2D eigenvalue weighted by Crippen LogP contribution is -2.26. The topological polar surface area (TPSA) is 78.8 Å². The van der Waals surface area contributed by atoms with Gasteiger partial charge in [0, 0.05) is 17.5 Å². The fourth-order valence-electron chi connectivity index (χ4n) is 3.30. The van der Waals surface area contributed by atoms with Crippen LogP contribution in [0.3, 0.4) is 0 Å². The molecular weight excluding hydrogens is 406 g/mol. The number of hydrogen-bond acceptors (Lipinski definition) is 5. The van der Waals surface area contributed by atoms with Crippen LogP contribution in [0.1, 0.15) is 33.9 Å².